The van der Waals surface area contributed by atoms with Gasteiger partial charge in [0.25, 0.3) is 0 Å². The monoisotopic (exact) mass is 341 g/mol. The van der Waals surface area contributed by atoms with Gasteiger partial charge in [-0.25, -0.2) is 9.97 Å². The maximum atomic E-state index is 4.62. The Kier molecular flexibility index (Phi) is 6.11. The third kappa shape index (κ3) is 4.75. The molecule has 0 unspecified atom stereocenters. The van der Waals surface area contributed by atoms with E-state index in [1.807, 2.05) is 19.3 Å². The molecule has 3 aromatic rings. The van der Waals surface area contributed by atoms with Gasteiger partial charge in [0.15, 0.2) is 5.95 Å². The summed E-state index contributed by atoms with van der Waals surface area (Å²) in [7, 11) is 0. The molecule has 0 saturated carbocycles. The zero-order chi connectivity index (χ0) is 18.4. The number of benzene rings is 2. The van der Waals surface area contributed by atoms with Crippen LogP contribution in [-0.2, 0) is 12.6 Å². The van der Waals surface area contributed by atoms with Gasteiger partial charge >= 0.3 is 0 Å². The molecule has 0 amide bonds. The predicted octanol–water partition coefficient (Wildman–Crippen LogP) is 4.40. The van der Waals surface area contributed by atoms with Crippen molar-refractivity contribution in [2.24, 2.45) is 0 Å². The molecule has 0 bridgehead atoms. The normalized spacial score (nSPS) is 10.4. The van der Waals surface area contributed by atoms with Crippen molar-refractivity contribution >= 4 is 19.6 Å². The maximum Gasteiger partial charge on any atom is 0.245 e. The fourth-order valence-corrected chi connectivity index (χ4v) is 3.45. The standard InChI is InChI=1S/C21H25B2N3/c1-18-16-24-21(25-17-18)26(22(2)14-19-10-6-4-7-11-19)23(3)15-20-12-8-5-9-13-20/h4-13,16-17H,14-15H2,1-3H3. The third-order valence-electron chi connectivity index (χ3n) is 4.70. The number of anilines is 1. The summed E-state index contributed by atoms with van der Waals surface area (Å²) in [6.45, 7) is 7.15. The summed E-state index contributed by atoms with van der Waals surface area (Å²) in [5.41, 5.74) is 3.76. The molecule has 0 radical (unpaired) electrons. The topological polar surface area (TPSA) is 29.0 Å². The molecule has 130 valence electrons. The molecule has 0 aliphatic carbocycles. The second-order valence-electron chi connectivity index (χ2n) is 7.05. The van der Waals surface area contributed by atoms with Gasteiger partial charge in [-0.1, -0.05) is 85.4 Å². The molecular weight excluding hydrogens is 316 g/mol. The van der Waals surface area contributed by atoms with Crippen molar-refractivity contribution in [1.29, 1.82) is 0 Å². The lowest BCUT2D eigenvalue weighted by atomic mass is 9.45. The van der Waals surface area contributed by atoms with Gasteiger partial charge in [-0.05, 0) is 25.1 Å². The van der Waals surface area contributed by atoms with Crippen molar-refractivity contribution in [2.75, 3.05) is 4.72 Å². The SMILES string of the molecule is CB(Cc1ccccc1)N(B(C)Cc1ccccc1)c1ncc(C)cn1. The summed E-state index contributed by atoms with van der Waals surface area (Å²) in [5.74, 6) is 0.808. The fourth-order valence-electron chi connectivity index (χ4n) is 3.45. The van der Waals surface area contributed by atoms with E-state index in [0.717, 1.165) is 24.2 Å². The molecular formula is C21H25B2N3. The van der Waals surface area contributed by atoms with Gasteiger partial charge in [0.1, 0.15) is 0 Å². The zero-order valence-electron chi connectivity index (χ0n) is 15.8. The average Bonchev–Trinajstić information content (AvgIpc) is 2.65. The van der Waals surface area contributed by atoms with E-state index >= 15 is 0 Å². The van der Waals surface area contributed by atoms with Crippen molar-refractivity contribution < 1.29 is 0 Å². The van der Waals surface area contributed by atoms with E-state index in [9.17, 15) is 0 Å². The van der Waals surface area contributed by atoms with Crippen LogP contribution in [0.2, 0.25) is 13.6 Å². The van der Waals surface area contributed by atoms with Gasteiger partial charge < -0.3 is 4.72 Å². The molecule has 0 atom stereocenters. The Labute approximate surface area is 157 Å². The second kappa shape index (κ2) is 8.70. The molecule has 3 rings (SSSR count). The van der Waals surface area contributed by atoms with Crippen molar-refractivity contribution in [3.8, 4) is 0 Å². The lowest BCUT2D eigenvalue weighted by Crippen LogP contribution is -2.50. The largest absolute Gasteiger partial charge is 0.429 e. The Balaban J connectivity index is 1.84. The molecule has 0 aliphatic heterocycles. The minimum Gasteiger partial charge on any atom is -0.429 e. The van der Waals surface area contributed by atoms with Gasteiger partial charge in [-0.15, -0.1) is 0 Å². The van der Waals surface area contributed by atoms with Gasteiger partial charge in [-0.2, -0.15) is 0 Å². The number of hydrogen-bond acceptors (Lipinski definition) is 3. The summed E-state index contributed by atoms with van der Waals surface area (Å²) >= 11 is 0. The van der Waals surface area contributed by atoms with Crippen LogP contribution in [0, 0.1) is 6.92 Å². The number of nitrogens with zero attached hydrogens (tertiary/aromatic N) is 3. The molecule has 0 spiro atoms. The van der Waals surface area contributed by atoms with Crippen LogP contribution in [0.5, 0.6) is 0 Å². The van der Waals surface area contributed by atoms with E-state index in [0.29, 0.717) is 13.7 Å². The summed E-state index contributed by atoms with van der Waals surface area (Å²) in [6, 6.07) is 21.3. The number of rotatable bonds is 7. The molecule has 5 heteroatoms. The van der Waals surface area contributed by atoms with Crippen LogP contribution in [0.25, 0.3) is 0 Å². The van der Waals surface area contributed by atoms with Gasteiger partial charge in [0.05, 0.1) is 0 Å². The quantitative estimate of drug-likeness (QED) is 0.597. The summed E-state index contributed by atoms with van der Waals surface area (Å²) in [5, 5.41) is 0. The Morgan fingerprint density at radius 3 is 1.58 bits per heavy atom. The van der Waals surface area contributed by atoms with E-state index in [2.05, 4.69) is 89.0 Å². The Morgan fingerprint density at radius 1 is 0.731 bits per heavy atom. The highest BCUT2D eigenvalue weighted by Crippen LogP contribution is 2.17. The highest BCUT2D eigenvalue weighted by Gasteiger charge is 2.28. The van der Waals surface area contributed by atoms with Gasteiger partial charge in [-0.3, -0.25) is 0 Å². The van der Waals surface area contributed by atoms with Crippen LogP contribution >= 0.6 is 0 Å². The third-order valence-corrected chi connectivity index (χ3v) is 4.70. The highest BCUT2D eigenvalue weighted by molar-refractivity contribution is 6.81. The molecule has 1 heterocycles. The van der Waals surface area contributed by atoms with Crippen molar-refractivity contribution in [1.82, 2.24) is 9.97 Å². The molecule has 0 aliphatic rings. The first-order valence-corrected chi connectivity index (χ1v) is 9.28. The summed E-state index contributed by atoms with van der Waals surface area (Å²) in [4.78, 5) is 9.24. The predicted molar refractivity (Wildman–Crippen MR) is 113 cm³/mol. The van der Waals surface area contributed by atoms with Gasteiger partial charge in [0, 0.05) is 12.4 Å². The number of aryl methyl sites for hydroxylation is 1. The van der Waals surface area contributed by atoms with E-state index in [1.54, 1.807) is 0 Å². The lowest BCUT2D eigenvalue weighted by Gasteiger charge is -2.32. The lowest BCUT2D eigenvalue weighted by molar-refractivity contribution is 1.09. The van der Waals surface area contributed by atoms with Crippen LogP contribution in [-0.4, -0.2) is 23.7 Å². The van der Waals surface area contributed by atoms with E-state index in [4.69, 9.17) is 0 Å². The van der Waals surface area contributed by atoms with Crippen LogP contribution in [0.3, 0.4) is 0 Å². The summed E-state index contributed by atoms with van der Waals surface area (Å²) in [6.07, 6.45) is 5.74. The minimum atomic E-state index is 0.304. The molecule has 26 heavy (non-hydrogen) atoms. The van der Waals surface area contributed by atoms with Crippen molar-refractivity contribution in [3.63, 3.8) is 0 Å². The van der Waals surface area contributed by atoms with E-state index in [1.165, 1.54) is 11.1 Å². The van der Waals surface area contributed by atoms with Crippen LogP contribution in [0.4, 0.5) is 5.95 Å². The van der Waals surface area contributed by atoms with Crippen molar-refractivity contribution in [2.45, 2.75) is 33.2 Å². The molecule has 1 aromatic heterocycles. The van der Waals surface area contributed by atoms with E-state index < -0.39 is 0 Å². The number of aromatic nitrogens is 2. The molecule has 0 N–H and O–H groups in total. The fraction of sp³-hybridized carbons (Fsp3) is 0.238. The van der Waals surface area contributed by atoms with E-state index in [-0.39, 0.29) is 0 Å². The van der Waals surface area contributed by atoms with Crippen LogP contribution in [0.15, 0.2) is 73.1 Å². The highest BCUT2D eigenvalue weighted by atomic mass is 15.2. The molecule has 0 fully saturated rings. The minimum absolute atomic E-state index is 0.304. The maximum absolute atomic E-state index is 4.62. The smallest absolute Gasteiger partial charge is 0.245 e. The van der Waals surface area contributed by atoms with Crippen molar-refractivity contribution in [3.05, 3.63) is 89.7 Å². The first-order chi connectivity index (χ1) is 12.6. The Morgan fingerprint density at radius 2 is 1.15 bits per heavy atom. The number of hydrogen-bond donors (Lipinski definition) is 0. The Hall–Kier alpha value is -2.55. The molecule has 2 aromatic carbocycles. The average molecular weight is 341 g/mol. The van der Waals surface area contributed by atoms with Gasteiger partial charge in [0.2, 0.25) is 13.7 Å². The van der Waals surface area contributed by atoms with Crippen LogP contribution in [0.1, 0.15) is 16.7 Å². The zero-order valence-corrected chi connectivity index (χ0v) is 15.8. The van der Waals surface area contributed by atoms with Crippen LogP contribution < -0.4 is 4.72 Å². The second-order valence-corrected chi connectivity index (χ2v) is 7.05. The first kappa shape index (κ1) is 18.2. The molecule has 3 nitrogen and oxygen atoms in total. The first-order valence-electron chi connectivity index (χ1n) is 9.28. The molecule has 0 saturated heterocycles. The summed E-state index contributed by atoms with van der Waals surface area (Å²) < 4.78 is 2.36. The Bertz CT molecular complexity index is 747.